The van der Waals surface area contributed by atoms with E-state index in [1.54, 1.807) is 28.9 Å². The van der Waals surface area contributed by atoms with Crippen molar-refractivity contribution in [2.24, 2.45) is 0 Å². The third-order valence-corrected chi connectivity index (χ3v) is 8.56. The Morgan fingerprint density at radius 3 is 2.55 bits per heavy atom. The topological polar surface area (TPSA) is 112 Å². The molecular formula is C26H24Cl2N4O5S. The first-order valence-corrected chi connectivity index (χ1v) is 14.4. The highest BCUT2D eigenvalue weighted by Crippen LogP contribution is 2.38. The van der Waals surface area contributed by atoms with E-state index in [0.717, 1.165) is 11.1 Å². The monoisotopic (exact) mass is 574 g/mol. The molecule has 1 amide bonds. The summed E-state index contributed by atoms with van der Waals surface area (Å²) in [6.45, 7) is 0.421. The van der Waals surface area contributed by atoms with E-state index < -0.39 is 21.8 Å². The molecule has 1 unspecified atom stereocenters. The molecule has 1 saturated heterocycles. The number of carbonyl (C=O) groups is 1. The zero-order chi connectivity index (χ0) is 26.9. The predicted molar refractivity (Wildman–Crippen MR) is 146 cm³/mol. The van der Waals surface area contributed by atoms with Gasteiger partial charge in [-0.1, -0.05) is 53.5 Å². The van der Waals surface area contributed by atoms with Crippen LogP contribution in [0.5, 0.6) is 5.88 Å². The van der Waals surface area contributed by atoms with Crippen molar-refractivity contribution in [1.29, 1.82) is 0 Å². The van der Waals surface area contributed by atoms with Crippen LogP contribution in [-0.2, 0) is 14.6 Å². The largest absolute Gasteiger partial charge is 0.474 e. The Morgan fingerprint density at radius 1 is 1.11 bits per heavy atom. The molecule has 0 bridgehead atoms. The molecule has 0 spiro atoms. The Labute approximate surface area is 229 Å². The summed E-state index contributed by atoms with van der Waals surface area (Å²) in [7, 11) is -1.65. The lowest BCUT2D eigenvalue weighted by molar-refractivity contribution is 0.0934. The normalized spacial score (nSPS) is 16.6. The van der Waals surface area contributed by atoms with Gasteiger partial charge in [0.05, 0.1) is 23.8 Å². The lowest BCUT2D eigenvalue weighted by Gasteiger charge is -2.14. The van der Waals surface area contributed by atoms with Crippen LogP contribution in [0.4, 0.5) is 0 Å². The summed E-state index contributed by atoms with van der Waals surface area (Å²) in [6, 6.07) is 14.0. The van der Waals surface area contributed by atoms with Gasteiger partial charge in [-0.25, -0.2) is 17.9 Å². The summed E-state index contributed by atoms with van der Waals surface area (Å²) >= 11 is 12.7. The van der Waals surface area contributed by atoms with Gasteiger partial charge in [-0.05, 0) is 24.6 Å². The predicted octanol–water partition coefficient (Wildman–Crippen LogP) is 4.31. The van der Waals surface area contributed by atoms with Gasteiger partial charge in [-0.15, -0.1) is 5.10 Å². The molecule has 9 nitrogen and oxygen atoms in total. The quantitative estimate of drug-likeness (QED) is 0.312. The number of nitrogens with one attached hydrogen (secondary N) is 1. The van der Waals surface area contributed by atoms with E-state index in [-0.39, 0.29) is 41.8 Å². The molecule has 2 aromatic carbocycles. The van der Waals surface area contributed by atoms with E-state index in [1.165, 1.54) is 7.11 Å². The first-order valence-electron chi connectivity index (χ1n) is 11.8. The fourth-order valence-corrected chi connectivity index (χ4v) is 6.45. The second kappa shape index (κ2) is 10.9. The zero-order valence-corrected chi connectivity index (χ0v) is 22.7. The molecule has 3 heterocycles. The highest BCUT2D eigenvalue weighted by molar-refractivity contribution is 7.91. The molecule has 0 aliphatic carbocycles. The maximum atomic E-state index is 13.5. The molecule has 12 heteroatoms. The molecule has 5 rings (SSSR count). The van der Waals surface area contributed by atoms with Gasteiger partial charge in [-0.3, -0.25) is 4.79 Å². The fraction of sp³-hybridized carbons (Fsp3) is 0.269. The van der Waals surface area contributed by atoms with Gasteiger partial charge in [-0.2, -0.15) is 0 Å². The van der Waals surface area contributed by atoms with Crippen molar-refractivity contribution in [3.63, 3.8) is 0 Å². The molecule has 4 aromatic rings. The number of methoxy groups -OCH3 is 1. The van der Waals surface area contributed by atoms with Crippen LogP contribution in [0, 0.1) is 0 Å². The van der Waals surface area contributed by atoms with E-state index in [4.69, 9.17) is 32.7 Å². The van der Waals surface area contributed by atoms with Gasteiger partial charge in [0.1, 0.15) is 12.2 Å². The standard InChI is InChI=1S/C26H24Cl2N4O5S/c1-36-11-12-37-26-22(25(33)30-18-10-13-38(34,35)15-18)24-29-14-20(19-4-2-3-5-21(19)28)23(32(24)31-26)16-6-8-17(27)9-7-16/h2-9,14,18H,10-13,15H2,1H3,(H,30,33). The number of sulfone groups is 1. The molecule has 1 atom stereocenters. The lowest BCUT2D eigenvalue weighted by Crippen LogP contribution is -2.35. The Morgan fingerprint density at radius 2 is 1.87 bits per heavy atom. The van der Waals surface area contributed by atoms with Crippen molar-refractivity contribution in [3.05, 3.63) is 70.3 Å². The third kappa shape index (κ3) is 5.35. The Hall–Kier alpha value is -3.18. The van der Waals surface area contributed by atoms with Crippen molar-refractivity contribution < 1.29 is 22.7 Å². The minimum atomic E-state index is -3.19. The summed E-state index contributed by atoms with van der Waals surface area (Å²) in [5.74, 6) is -0.545. The van der Waals surface area contributed by atoms with Crippen LogP contribution in [0.1, 0.15) is 16.8 Å². The maximum Gasteiger partial charge on any atom is 0.260 e. The number of ether oxygens (including phenoxy) is 2. The van der Waals surface area contributed by atoms with Crippen molar-refractivity contribution in [1.82, 2.24) is 19.9 Å². The minimum absolute atomic E-state index is 0.0318. The van der Waals surface area contributed by atoms with Gasteiger partial charge < -0.3 is 14.8 Å². The van der Waals surface area contributed by atoms with Crippen molar-refractivity contribution in [3.8, 4) is 28.3 Å². The van der Waals surface area contributed by atoms with Crippen molar-refractivity contribution >= 4 is 44.6 Å². The van der Waals surface area contributed by atoms with E-state index >= 15 is 0 Å². The van der Waals surface area contributed by atoms with Crippen LogP contribution in [0.2, 0.25) is 10.0 Å². The van der Waals surface area contributed by atoms with E-state index in [9.17, 15) is 13.2 Å². The first kappa shape index (κ1) is 26.4. The van der Waals surface area contributed by atoms with Crippen LogP contribution >= 0.6 is 23.2 Å². The van der Waals surface area contributed by atoms with Crippen molar-refractivity contribution in [2.45, 2.75) is 12.5 Å². The van der Waals surface area contributed by atoms with E-state index in [1.807, 2.05) is 30.3 Å². The molecule has 1 N–H and O–H groups in total. The van der Waals surface area contributed by atoms with Crippen LogP contribution in [0.25, 0.3) is 28.0 Å². The zero-order valence-electron chi connectivity index (χ0n) is 20.4. The summed E-state index contributed by atoms with van der Waals surface area (Å²) in [5, 5.41) is 8.55. The van der Waals surface area contributed by atoms with Gasteiger partial charge in [0.15, 0.2) is 15.5 Å². The summed E-state index contributed by atoms with van der Waals surface area (Å²) in [6.07, 6.45) is 1.98. The van der Waals surface area contributed by atoms with E-state index in [0.29, 0.717) is 27.7 Å². The number of nitrogens with zero attached hydrogens (tertiary/aromatic N) is 3. The van der Waals surface area contributed by atoms with Gasteiger partial charge in [0.2, 0.25) is 5.88 Å². The number of fused-ring (bicyclic) bond motifs is 1. The number of benzene rings is 2. The minimum Gasteiger partial charge on any atom is -0.474 e. The summed E-state index contributed by atoms with van der Waals surface area (Å²) < 4.78 is 36.4. The Balaban J connectivity index is 1.70. The van der Waals surface area contributed by atoms with Crippen LogP contribution in [0.15, 0.2) is 54.7 Å². The fourth-order valence-electron chi connectivity index (χ4n) is 4.42. The number of hydrogen-bond donors (Lipinski definition) is 1. The molecule has 1 fully saturated rings. The summed E-state index contributed by atoms with van der Waals surface area (Å²) in [5.41, 5.74) is 3.15. The Kier molecular flexibility index (Phi) is 7.58. The maximum absolute atomic E-state index is 13.5. The molecule has 0 radical (unpaired) electrons. The van der Waals surface area contributed by atoms with Gasteiger partial charge >= 0.3 is 0 Å². The lowest BCUT2D eigenvalue weighted by atomic mass is 10.0. The average molecular weight is 575 g/mol. The molecule has 38 heavy (non-hydrogen) atoms. The van der Waals surface area contributed by atoms with Crippen LogP contribution in [-0.4, -0.2) is 66.8 Å². The van der Waals surface area contributed by atoms with Crippen LogP contribution in [0.3, 0.4) is 0 Å². The molecule has 1 aliphatic heterocycles. The van der Waals surface area contributed by atoms with Gasteiger partial charge in [0, 0.05) is 46.1 Å². The number of aromatic nitrogens is 3. The number of hydrogen-bond acceptors (Lipinski definition) is 7. The molecule has 198 valence electrons. The number of carbonyl (C=O) groups excluding carboxylic acids is 1. The van der Waals surface area contributed by atoms with E-state index in [2.05, 4.69) is 15.4 Å². The SMILES string of the molecule is COCCOc1nn2c(-c3ccc(Cl)cc3)c(-c3ccccc3Cl)cnc2c1C(=O)NC1CCS(=O)(=O)C1. The van der Waals surface area contributed by atoms with Crippen LogP contribution < -0.4 is 10.1 Å². The molecule has 0 saturated carbocycles. The molecule has 2 aromatic heterocycles. The number of amides is 1. The van der Waals surface area contributed by atoms with Crippen molar-refractivity contribution in [2.75, 3.05) is 31.8 Å². The smallest absolute Gasteiger partial charge is 0.260 e. The highest BCUT2D eigenvalue weighted by atomic mass is 35.5. The second-order valence-electron chi connectivity index (χ2n) is 8.84. The molecular weight excluding hydrogens is 551 g/mol. The highest BCUT2D eigenvalue weighted by Gasteiger charge is 2.32. The first-order chi connectivity index (χ1) is 18.3. The summed E-state index contributed by atoms with van der Waals surface area (Å²) in [4.78, 5) is 18.1. The number of rotatable bonds is 8. The van der Waals surface area contributed by atoms with Gasteiger partial charge in [0.25, 0.3) is 5.91 Å². The third-order valence-electron chi connectivity index (χ3n) is 6.21. The number of halogens is 2. The Bertz CT molecular complexity index is 1610. The average Bonchev–Trinajstić information content (AvgIpc) is 3.43. The second-order valence-corrected chi connectivity index (χ2v) is 11.9. The molecule has 1 aliphatic rings.